The molecule has 1 unspecified atom stereocenters. The van der Waals surface area contributed by atoms with Crippen LogP contribution in [-0.2, 0) is 0 Å². The lowest BCUT2D eigenvalue weighted by molar-refractivity contribution is 0.650. The number of nitrogens with one attached hydrogen (secondary N) is 1. The second-order valence-corrected chi connectivity index (χ2v) is 4.97. The summed E-state index contributed by atoms with van der Waals surface area (Å²) in [4.78, 5) is 2.33. The smallest absolute Gasteiger partial charge is 0.0412 e. The molecule has 1 aromatic carbocycles. The van der Waals surface area contributed by atoms with Gasteiger partial charge in [0.25, 0.3) is 0 Å². The van der Waals surface area contributed by atoms with Crippen LogP contribution in [0.1, 0.15) is 18.5 Å². The van der Waals surface area contributed by atoms with Gasteiger partial charge >= 0.3 is 0 Å². The van der Waals surface area contributed by atoms with Crippen LogP contribution in [0.2, 0.25) is 0 Å². The summed E-state index contributed by atoms with van der Waals surface area (Å²) in [6.07, 6.45) is 2.15. The second-order valence-electron chi connectivity index (χ2n) is 3.98. The van der Waals surface area contributed by atoms with Crippen molar-refractivity contribution in [3.05, 3.63) is 29.8 Å². The first kappa shape index (κ1) is 13.4. The van der Waals surface area contributed by atoms with Gasteiger partial charge in [-0.1, -0.05) is 18.2 Å². The summed E-state index contributed by atoms with van der Waals surface area (Å²) in [6.45, 7) is 3.29. The quantitative estimate of drug-likeness (QED) is 0.820. The van der Waals surface area contributed by atoms with Crippen LogP contribution in [0, 0.1) is 0 Å². The van der Waals surface area contributed by atoms with Gasteiger partial charge in [0, 0.05) is 31.1 Å². The molecule has 0 bridgehead atoms. The first-order valence-electron chi connectivity index (χ1n) is 5.67. The lowest BCUT2D eigenvalue weighted by Gasteiger charge is -2.24. The molecular weight excluding hydrogens is 216 g/mol. The van der Waals surface area contributed by atoms with Gasteiger partial charge in [0.15, 0.2) is 0 Å². The third-order valence-electron chi connectivity index (χ3n) is 2.88. The fourth-order valence-electron chi connectivity index (χ4n) is 1.71. The maximum Gasteiger partial charge on any atom is 0.0412 e. The van der Waals surface area contributed by atoms with Crippen molar-refractivity contribution in [2.45, 2.75) is 13.0 Å². The minimum absolute atomic E-state index is 0.396. The summed E-state index contributed by atoms with van der Waals surface area (Å²) in [7, 11) is 4.17. The van der Waals surface area contributed by atoms with Crippen molar-refractivity contribution in [1.82, 2.24) is 5.32 Å². The van der Waals surface area contributed by atoms with E-state index in [9.17, 15) is 0 Å². The molecule has 0 aromatic heterocycles. The SMILES string of the molecule is CNC(C)c1ccccc1N(C)CCSC. The number of thioether (sulfide) groups is 1. The Labute approximate surface area is 103 Å². The molecule has 0 radical (unpaired) electrons. The van der Waals surface area contributed by atoms with Crippen LogP contribution in [0.3, 0.4) is 0 Å². The standard InChI is InChI=1S/C13H22N2S/c1-11(14-2)12-7-5-6-8-13(12)15(3)9-10-16-4/h5-8,11,14H,9-10H2,1-4H3. The van der Waals surface area contributed by atoms with Crippen LogP contribution in [0.25, 0.3) is 0 Å². The van der Waals surface area contributed by atoms with E-state index in [0.717, 1.165) is 6.54 Å². The molecule has 1 aromatic rings. The predicted molar refractivity (Wildman–Crippen MR) is 75.6 cm³/mol. The number of anilines is 1. The van der Waals surface area contributed by atoms with Crippen molar-refractivity contribution in [3.8, 4) is 0 Å². The molecular formula is C13H22N2S. The molecule has 0 amide bonds. The van der Waals surface area contributed by atoms with Crippen LogP contribution in [0.5, 0.6) is 0 Å². The first-order valence-corrected chi connectivity index (χ1v) is 7.06. The molecule has 16 heavy (non-hydrogen) atoms. The third-order valence-corrected chi connectivity index (χ3v) is 3.47. The van der Waals surface area contributed by atoms with E-state index in [1.807, 2.05) is 18.8 Å². The van der Waals surface area contributed by atoms with Crippen LogP contribution in [0.15, 0.2) is 24.3 Å². The molecule has 2 nitrogen and oxygen atoms in total. The molecule has 0 saturated carbocycles. The number of rotatable bonds is 6. The predicted octanol–water partition coefficient (Wildman–Crippen LogP) is 2.77. The molecule has 1 atom stereocenters. The monoisotopic (exact) mass is 238 g/mol. The zero-order valence-corrected chi connectivity index (χ0v) is 11.5. The number of benzene rings is 1. The van der Waals surface area contributed by atoms with E-state index in [2.05, 4.69) is 54.7 Å². The van der Waals surface area contributed by atoms with Crippen molar-refractivity contribution in [2.75, 3.05) is 37.5 Å². The van der Waals surface area contributed by atoms with Crippen molar-refractivity contribution in [2.24, 2.45) is 0 Å². The summed E-state index contributed by atoms with van der Waals surface area (Å²) in [5.74, 6) is 1.17. The molecule has 0 spiro atoms. The molecule has 0 heterocycles. The van der Waals surface area contributed by atoms with E-state index in [0.29, 0.717) is 6.04 Å². The van der Waals surface area contributed by atoms with E-state index < -0.39 is 0 Å². The fourth-order valence-corrected chi connectivity index (χ4v) is 2.16. The Balaban J connectivity index is 2.85. The van der Waals surface area contributed by atoms with Crippen molar-refractivity contribution in [3.63, 3.8) is 0 Å². The largest absolute Gasteiger partial charge is 0.373 e. The molecule has 0 fully saturated rings. The zero-order chi connectivity index (χ0) is 12.0. The van der Waals surface area contributed by atoms with Gasteiger partial charge in [-0.25, -0.2) is 0 Å². The molecule has 0 aliphatic carbocycles. The molecule has 1 N–H and O–H groups in total. The summed E-state index contributed by atoms with van der Waals surface area (Å²) >= 11 is 1.89. The highest BCUT2D eigenvalue weighted by Gasteiger charge is 2.10. The Hall–Kier alpha value is -0.670. The Morgan fingerprint density at radius 1 is 1.38 bits per heavy atom. The molecule has 90 valence electrons. The molecule has 3 heteroatoms. The number of nitrogens with zero attached hydrogens (tertiary/aromatic N) is 1. The van der Waals surface area contributed by atoms with E-state index in [1.165, 1.54) is 17.0 Å². The first-order chi connectivity index (χ1) is 7.70. The van der Waals surface area contributed by atoms with E-state index >= 15 is 0 Å². The highest BCUT2D eigenvalue weighted by Crippen LogP contribution is 2.25. The number of hydrogen-bond acceptors (Lipinski definition) is 3. The molecule has 0 aliphatic heterocycles. The zero-order valence-electron chi connectivity index (χ0n) is 10.7. The van der Waals surface area contributed by atoms with Gasteiger partial charge in [0.05, 0.1) is 0 Å². The normalized spacial score (nSPS) is 12.5. The van der Waals surface area contributed by atoms with Crippen molar-refractivity contribution >= 4 is 17.4 Å². The van der Waals surface area contributed by atoms with Gasteiger partial charge < -0.3 is 10.2 Å². The highest BCUT2D eigenvalue weighted by molar-refractivity contribution is 7.98. The summed E-state index contributed by atoms with van der Waals surface area (Å²) < 4.78 is 0. The van der Waals surface area contributed by atoms with Gasteiger partial charge in [-0.2, -0.15) is 11.8 Å². The lowest BCUT2D eigenvalue weighted by atomic mass is 10.1. The Bertz CT molecular complexity index is 315. The minimum Gasteiger partial charge on any atom is -0.373 e. The summed E-state index contributed by atoms with van der Waals surface area (Å²) in [6, 6.07) is 9.01. The summed E-state index contributed by atoms with van der Waals surface area (Å²) in [5.41, 5.74) is 2.70. The number of hydrogen-bond donors (Lipinski definition) is 1. The third kappa shape index (κ3) is 3.42. The van der Waals surface area contributed by atoms with E-state index in [-0.39, 0.29) is 0 Å². The Morgan fingerprint density at radius 3 is 2.69 bits per heavy atom. The van der Waals surface area contributed by atoms with Gasteiger partial charge in [0.2, 0.25) is 0 Å². The van der Waals surface area contributed by atoms with Crippen LogP contribution in [-0.4, -0.2) is 32.6 Å². The van der Waals surface area contributed by atoms with Crippen LogP contribution in [0.4, 0.5) is 5.69 Å². The fraction of sp³-hybridized carbons (Fsp3) is 0.538. The van der Waals surface area contributed by atoms with Crippen LogP contribution < -0.4 is 10.2 Å². The maximum absolute atomic E-state index is 3.30. The number of para-hydroxylation sites is 1. The average Bonchev–Trinajstić information content (AvgIpc) is 2.35. The summed E-state index contributed by atoms with van der Waals surface area (Å²) in [5, 5.41) is 3.30. The molecule has 1 rings (SSSR count). The van der Waals surface area contributed by atoms with Gasteiger partial charge in [-0.15, -0.1) is 0 Å². The maximum atomic E-state index is 3.30. The van der Waals surface area contributed by atoms with E-state index in [4.69, 9.17) is 0 Å². The van der Waals surface area contributed by atoms with Gasteiger partial charge in [-0.3, -0.25) is 0 Å². The Morgan fingerprint density at radius 2 is 2.06 bits per heavy atom. The van der Waals surface area contributed by atoms with E-state index in [1.54, 1.807) is 0 Å². The van der Waals surface area contributed by atoms with Crippen molar-refractivity contribution in [1.29, 1.82) is 0 Å². The van der Waals surface area contributed by atoms with Gasteiger partial charge in [0.1, 0.15) is 0 Å². The molecule has 0 saturated heterocycles. The second kappa shape index (κ2) is 6.81. The average molecular weight is 238 g/mol. The van der Waals surface area contributed by atoms with Crippen LogP contribution >= 0.6 is 11.8 Å². The minimum atomic E-state index is 0.396. The van der Waals surface area contributed by atoms with Crippen molar-refractivity contribution < 1.29 is 0 Å². The lowest BCUT2D eigenvalue weighted by Crippen LogP contribution is -2.23. The Kier molecular flexibility index (Phi) is 5.71. The van der Waals surface area contributed by atoms with Gasteiger partial charge in [-0.05, 0) is 31.9 Å². The topological polar surface area (TPSA) is 15.3 Å². The highest BCUT2D eigenvalue weighted by atomic mass is 32.2. The molecule has 0 aliphatic rings.